The molecule has 0 aliphatic heterocycles. The van der Waals surface area contributed by atoms with Gasteiger partial charge in [-0.05, 0) is 18.9 Å². The van der Waals surface area contributed by atoms with Crippen molar-refractivity contribution in [2.45, 2.75) is 27.3 Å². The Morgan fingerprint density at radius 1 is 1.45 bits per heavy atom. The molecule has 1 aromatic heterocycles. The van der Waals surface area contributed by atoms with Crippen LogP contribution < -0.4 is 5.32 Å². The first kappa shape index (κ1) is 17.8. The standard InChI is InChI=1S/C16H22N2O4/c1-4-20-7-8-22-16(19)14(9-17)15(12(2)3)18-10-13-5-6-21-11-13/h5-6,11-12,18H,4,7-8,10H2,1-3H3/b15-14-. The minimum absolute atomic E-state index is 0.00464. The van der Waals surface area contributed by atoms with Crippen LogP contribution in [0.3, 0.4) is 0 Å². The van der Waals surface area contributed by atoms with Crippen LogP contribution in [0.15, 0.2) is 34.3 Å². The van der Waals surface area contributed by atoms with E-state index in [0.717, 1.165) is 5.56 Å². The van der Waals surface area contributed by atoms with Crippen molar-refractivity contribution in [2.24, 2.45) is 5.92 Å². The SMILES string of the molecule is CCOCCOC(=O)/C(C#N)=C(\NCc1ccoc1)C(C)C. The van der Waals surface area contributed by atoms with Crippen molar-refractivity contribution in [3.8, 4) is 6.07 Å². The predicted molar refractivity (Wildman–Crippen MR) is 80.5 cm³/mol. The molecular formula is C16H22N2O4. The Labute approximate surface area is 130 Å². The van der Waals surface area contributed by atoms with E-state index in [1.54, 1.807) is 12.5 Å². The number of furan rings is 1. The van der Waals surface area contributed by atoms with Crippen LogP contribution in [0.25, 0.3) is 0 Å². The average Bonchev–Trinajstić information content (AvgIpc) is 3.00. The van der Waals surface area contributed by atoms with Gasteiger partial charge in [0.05, 0.1) is 19.1 Å². The van der Waals surface area contributed by atoms with E-state index >= 15 is 0 Å². The summed E-state index contributed by atoms with van der Waals surface area (Å²) in [4.78, 5) is 12.0. The fourth-order valence-corrected chi connectivity index (χ4v) is 1.80. The van der Waals surface area contributed by atoms with Crippen molar-refractivity contribution >= 4 is 5.97 Å². The quantitative estimate of drug-likeness (QED) is 0.326. The Hall–Kier alpha value is -2.26. The van der Waals surface area contributed by atoms with E-state index in [1.165, 1.54) is 0 Å². The number of nitriles is 1. The molecule has 0 spiro atoms. The van der Waals surface area contributed by atoms with Gasteiger partial charge in [0.25, 0.3) is 0 Å². The number of hydrogen-bond donors (Lipinski definition) is 1. The van der Waals surface area contributed by atoms with Crippen LogP contribution in [0.2, 0.25) is 0 Å². The van der Waals surface area contributed by atoms with E-state index in [0.29, 0.717) is 25.5 Å². The summed E-state index contributed by atoms with van der Waals surface area (Å²) >= 11 is 0. The lowest BCUT2D eigenvalue weighted by Crippen LogP contribution is -2.23. The van der Waals surface area contributed by atoms with Gasteiger partial charge in [-0.25, -0.2) is 4.79 Å². The highest BCUT2D eigenvalue weighted by Gasteiger charge is 2.19. The predicted octanol–water partition coefficient (Wildman–Crippen LogP) is 2.38. The number of rotatable bonds is 9. The molecular weight excluding hydrogens is 284 g/mol. The Kier molecular flexibility index (Phi) is 7.79. The lowest BCUT2D eigenvalue weighted by Gasteiger charge is -2.16. The number of hydrogen-bond acceptors (Lipinski definition) is 6. The molecule has 0 saturated heterocycles. The maximum absolute atomic E-state index is 12.0. The topological polar surface area (TPSA) is 84.5 Å². The van der Waals surface area contributed by atoms with Gasteiger partial charge >= 0.3 is 5.97 Å². The summed E-state index contributed by atoms with van der Waals surface area (Å²) in [5.41, 5.74) is 1.49. The zero-order valence-electron chi connectivity index (χ0n) is 13.2. The average molecular weight is 306 g/mol. The number of esters is 1. The van der Waals surface area contributed by atoms with Gasteiger partial charge in [0.2, 0.25) is 0 Å². The van der Waals surface area contributed by atoms with E-state index in [-0.39, 0.29) is 18.1 Å². The second kappa shape index (κ2) is 9.64. The van der Waals surface area contributed by atoms with Crippen LogP contribution in [-0.2, 0) is 20.8 Å². The molecule has 0 atom stereocenters. The molecule has 22 heavy (non-hydrogen) atoms. The lowest BCUT2D eigenvalue weighted by molar-refractivity contribution is -0.140. The van der Waals surface area contributed by atoms with Crippen molar-refractivity contribution in [3.63, 3.8) is 0 Å². The zero-order chi connectivity index (χ0) is 16.4. The van der Waals surface area contributed by atoms with Crippen molar-refractivity contribution in [1.29, 1.82) is 5.26 Å². The Morgan fingerprint density at radius 2 is 2.23 bits per heavy atom. The fraction of sp³-hybridized carbons (Fsp3) is 0.500. The summed E-state index contributed by atoms with van der Waals surface area (Å²) in [6.45, 7) is 7.15. The molecule has 0 fully saturated rings. The van der Waals surface area contributed by atoms with E-state index in [4.69, 9.17) is 13.9 Å². The molecule has 0 aliphatic carbocycles. The summed E-state index contributed by atoms with van der Waals surface area (Å²) in [6.07, 6.45) is 3.18. The number of carbonyl (C=O) groups excluding carboxylic acids is 1. The fourth-order valence-electron chi connectivity index (χ4n) is 1.80. The summed E-state index contributed by atoms with van der Waals surface area (Å²) < 4.78 is 15.2. The molecule has 0 saturated carbocycles. The van der Waals surface area contributed by atoms with Crippen LogP contribution in [0, 0.1) is 17.2 Å². The summed E-state index contributed by atoms with van der Waals surface area (Å²) in [6, 6.07) is 3.75. The molecule has 1 N–H and O–H groups in total. The molecule has 0 aliphatic rings. The largest absolute Gasteiger partial charge is 0.472 e. The van der Waals surface area contributed by atoms with Crippen LogP contribution in [-0.4, -0.2) is 25.8 Å². The second-order valence-electron chi connectivity index (χ2n) is 4.87. The van der Waals surface area contributed by atoms with Crippen LogP contribution in [0.1, 0.15) is 26.3 Å². The molecule has 6 heteroatoms. The van der Waals surface area contributed by atoms with Crippen LogP contribution in [0.5, 0.6) is 0 Å². The molecule has 120 valence electrons. The number of nitrogens with one attached hydrogen (secondary N) is 1. The van der Waals surface area contributed by atoms with Gasteiger partial charge in [0, 0.05) is 24.4 Å². The maximum Gasteiger partial charge on any atom is 0.350 e. The van der Waals surface area contributed by atoms with E-state index < -0.39 is 5.97 Å². The van der Waals surface area contributed by atoms with Gasteiger partial charge in [-0.2, -0.15) is 5.26 Å². The Morgan fingerprint density at radius 3 is 2.77 bits per heavy atom. The number of carbonyl (C=O) groups is 1. The number of nitrogens with zero attached hydrogens (tertiary/aromatic N) is 1. The molecule has 0 amide bonds. The monoisotopic (exact) mass is 306 g/mol. The molecule has 0 unspecified atom stereocenters. The molecule has 1 rings (SSSR count). The molecule has 0 bridgehead atoms. The molecule has 1 aromatic rings. The minimum Gasteiger partial charge on any atom is -0.472 e. The van der Waals surface area contributed by atoms with Crippen molar-refractivity contribution in [3.05, 3.63) is 35.4 Å². The first-order valence-electron chi connectivity index (χ1n) is 7.24. The maximum atomic E-state index is 12.0. The van der Waals surface area contributed by atoms with E-state index in [1.807, 2.05) is 32.9 Å². The highest BCUT2D eigenvalue weighted by Crippen LogP contribution is 2.14. The van der Waals surface area contributed by atoms with Crippen LogP contribution in [0.4, 0.5) is 0 Å². The number of allylic oxidation sites excluding steroid dienone is 1. The second-order valence-corrected chi connectivity index (χ2v) is 4.87. The van der Waals surface area contributed by atoms with Gasteiger partial charge < -0.3 is 19.2 Å². The molecule has 6 nitrogen and oxygen atoms in total. The molecule has 0 radical (unpaired) electrons. The zero-order valence-corrected chi connectivity index (χ0v) is 13.2. The first-order chi connectivity index (χ1) is 10.6. The van der Waals surface area contributed by atoms with Gasteiger partial charge in [-0.3, -0.25) is 0 Å². The smallest absolute Gasteiger partial charge is 0.350 e. The molecule has 0 aromatic carbocycles. The highest BCUT2D eigenvalue weighted by molar-refractivity contribution is 5.93. The van der Waals surface area contributed by atoms with Gasteiger partial charge in [-0.15, -0.1) is 0 Å². The van der Waals surface area contributed by atoms with Crippen molar-refractivity contribution < 1.29 is 18.7 Å². The Balaban J connectivity index is 2.74. The normalized spacial score (nSPS) is 11.8. The first-order valence-corrected chi connectivity index (χ1v) is 7.24. The minimum atomic E-state index is -0.634. The Bertz CT molecular complexity index is 527. The lowest BCUT2D eigenvalue weighted by atomic mass is 10.0. The number of ether oxygens (including phenoxy) is 2. The third kappa shape index (κ3) is 5.62. The third-order valence-corrected chi connectivity index (χ3v) is 2.89. The van der Waals surface area contributed by atoms with E-state index in [2.05, 4.69) is 5.32 Å². The van der Waals surface area contributed by atoms with Crippen LogP contribution >= 0.6 is 0 Å². The summed E-state index contributed by atoms with van der Waals surface area (Å²) in [5, 5.41) is 12.4. The summed E-state index contributed by atoms with van der Waals surface area (Å²) in [5.74, 6) is -0.647. The van der Waals surface area contributed by atoms with Gasteiger partial charge in [0.1, 0.15) is 12.7 Å². The molecule has 1 heterocycles. The van der Waals surface area contributed by atoms with E-state index in [9.17, 15) is 10.1 Å². The summed E-state index contributed by atoms with van der Waals surface area (Å²) in [7, 11) is 0. The highest BCUT2D eigenvalue weighted by atomic mass is 16.6. The van der Waals surface area contributed by atoms with Crippen molar-refractivity contribution in [2.75, 3.05) is 19.8 Å². The van der Waals surface area contributed by atoms with Crippen molar-refractivity contribution in [1.82, 2.24) is 5.32 Å². The third-order valence-electron chi connectivity index (χ3n) is 2.89. The van der Waals surface area contributed by atoms with Gasteiger partial charge in [0.15, 0.2) is 5.57 Å². The van der Waals surface area contributed by atoms with Gasteiger partial charge in [-0.1, -0.05) is 13.8 Å².